The summed E-state index contributed by atoms with van der Waals surface area (Å²) >= 11 is 0. The van der Waals surface area contributed by atoms with Gasteiger partial charge in [0.2, 0.25) is 0 Å². The Bertz CT molecular complexity index is 1150. The molecule has 1 saturated heterocycles. The smallest absolute Gasteiger partial charge is 0.322 e. The van der Waals surface area contributed by atoms with Gasteiger partial charge in [-0.05, 0) is 37.6 Å². The number of anilines is 1. The Morgan fingerprint density at radius 1 is 1.18 bits per heavy atom. The maximum atomic E-state index is 13.9. The number of urea groups is 1. The number of halogens is 1. The molecular weight excluding hydrogens is 365 g/mol. The van der Waals surface area contributed by atoms with Crippen molar-refractivity contribution in [2.24, 2.45) is 0 Å². The minimum Gasteiger partial charge on any atom is -0.448 e. The molecule has 0 saturated carbocycles. The summed E-state index contributed by atoms with van der Waals surface area (Å²) in [6, 6.07) is 10.4. The monoisotopic (exact) mass is 381 g/mol. The molecule has 1 unspecified atom stereocenters. The van der Waals surface area contributed by atoms with Crippen LogP contribution in [-0.4, -0.2) is 17.8 Å². The Kier molecular flexibility index (Phi) is 3.92. The quantitative estimate of drug-likeness (QED) is 0.607. The summed E-state index contributed by atoms with van der Waals surface area (Å²) in [5.41, 5.74) is 0.212. The summed E-state index contributed by atoms with van der Waals surface area (Å²) in [7, 11) is 0. The third-order valence-electron chi connectivity index (χ3n) is 4.86. The first kappa shape index (κ1) is 17.7. The number of hydrogen-bond acceptors (Lipinski definition) is 4. The lowest BCUT2D eigenvalue weighted by Gasteiger charge is -2.21. The molecule has 0 spiro atoms. The van der Waals surface area contributed by atoms with Crippen LogP contribution in [0.25, 0.3) is 11.0 Å². The van der Waals surface area contributed by atoms with Gasteiger partial charge in [-0.1, -0.05) is 24.3 Å². The van der Waals surface area contributed by atoms with Gasteiger partial charge in [-0.3, -0.25) is 14.9 Å². The summed E-state index contributed by atoms with van der Waals surface area (Å²) < 4.78 is 19.3. The van der Waals surface area contributed by atoms with Gasteiger partial charge in [-0.2, -0.15) is 0 Å². The molecule has 4 amide bonds. The van der Waals surface area contributed by atoms with E-state index < -0.39 is 29.2 Å². The molecule has 0 radical (unpaired) electrons. The number of para-hydroxylation sites is 1. The zero-order valence-electron chi connectivity index (χ0n) is 15.1. The molecular formula is C20H16FN3O4. The molecule has 2 aromatic carbocycles. The van der Waals surface area contributed by atoms with Gasteiger partial charge >= 0.3 is 6.03 Å². The van der Waals surface area contributed by atoms with Crippen molar-refractivity contribution in [1.82, 2.24) is 10.6 Å². The highest BCUT2D eigenvalue weighted by Gasteiger charge is 2.43. The summed E-state index contributed by atoms with van der Waals surface area (Å²) in [5, 5.41) is 7.97. The second-order valence-corrected chi connectivity index (χ2v) is 6.74. The summed E-state index contributed by atoms with van der Waals surface area (Å²) in [6.07, 6.45) is 0. The van der Waals surface area contributed by atoms with E-state index in [1.165, 1.54) is 6.07 Å². The average Bonchev–Trinajstić information content (AvgIpc) is 3.13. The maximum Gasteiger partial charge on any atom is 0.322 e. The predicted molar refractivity (Wildman–Crippen MR) is 99.3 cm³/mol. The highest BCUT2D eigenvalue weighted by atomic mass is 19.1. The van der Waals surface area contributed by atoms with Crippen molar-refractivity contribution in [3.63, 3.8) is 0 Å². The number of aryl methyl sites for hydroxylation is 1. The Labute approximate surface area is 158 Å². The number of hydrogen-bond donors (Lipinski definition) is 3. The van der Waals surface area contributed by atoms with E-state index >= 15 is 0 Å². The molecule has 1 aromatic heterocycles. The van der Waals surface area contributed by atoms with Crippen LogP contribution < -0.4 is 16.0 Å². The number of imide groups is 1. The zero-order chi connectivity index (χ0) is 20.1. The van der Waals surface area contributed by atoms with Crippen molar-refractivity contribution in [1.29, 1.82) is 0 Å². The molecule has 28 heavy (non-hydrogen) atoms. The second kappa shape index (κ2) is 6.19. The number of fused-ring (bicyclic) bond motifs is 1. The molecule has 1 aliphatic heterocycles. The number of carbonyl (C=O) groups is 3. The van der Waals surface area contributed by atoms with Gasteiger partial charge in [0.1, 0.15) is 5.54 Å². The normalized spacial score (nSPS) is 18.8. The first-order chi connectivity index (χ1) is 13.3. The molecule has 0 aliphatic carbocycles. The summed E-state index contributed by atoms with van der Waals surface area (Å²) in [5.74, 6) is -1.57. The van der Waals surface area contributed by atoms with E-state index in [-0.39, 0.29) is 11.3 Å². The standard InChI is InChI=1S/C20H16FN3O4/c1-10-13-7-4-8-14(21)16(13)28-15(10)17(25)22-12-6-3-5-11(9-12)20(2)18(26)23-19(27)24-20/h3-9H,1-2H3,(H,22,25)(H2,23,24,26,27). The van der Waals surface area contributed by atoms with Gasteiger partial charge in [-0.25, -0.2) is 9.18 Å². The third kappa shape index (κ3) is 2.70. The fourth-order valence-electron chi connectivity index (χ4n) is 3.27. The molecule has 3 N–H and O–H groups in total. The summed E-state index contributed by atoms with van der Waals surface area (Å²) in [4.78, 5) is 36.3. The van der Waals surface area contributed by atoms with Gasteiger partial charge < -0.3 is 15.1 Å². The van der Waals surface area contributed by atoms with E-state index in [4.69, 9.17) is 4.42 Å². The Balaban J connectivity index is 1.65. The van der Waals surface area contributed by atoms with Crippen molar-refractivity contribution in [2.45, 2.75) is 19.4 Å². The molecule has 142 valence electrons. The van der Waals surface area contributed by atoms with E-state index in [1.54, 1.807) is 50.2 Å². The SMILES string of the molecule is Cc1c(C(=O)Nc2cccc(C3(C)NC(=O)NC3=O)c2)oc2c(F)cccc12. The molecule has 0 bridgehead atoms. The predicted octanol–water partition coefficient (Wildman–Crippen LogP) is 3.19. The van der Waals surface area contributed by atoms with E-state index in [1.807, 2.05) is 0 Å². The Morgan fingerprint density at radius 3 is 2.61 bits per heavy atom. The van der Waals surface area contributed by atoms with Crippen LogP contribution in [0.3, 0.4) is 0 Å². The molecule has 1 atom stereocenters. The van der Waals surface area contributed by atoms with E-state index in [0.717, 1.165) is 0 Å². The lowest BCUT2D eigenvalue weighted by Crippen LogP contribution is -2.40. The largest absolute Gasteiger partial charge is 0.448 e. The third-order valence-corrected chi connectivity index (χ3v) is 4.86. The Hall–Kier alpha value is -3.68. The number of carbonyl (C=O) groups excluding carboxylic acids is 3. The highest BCUT2D eigenvalue weighted by molar-refractivity contribution is 6.08. The molecule has 8 heteroatoms. The molecule has 7 nitrogen and oxygen atoms in total. The fourth-order valence-corrected chi connectivity index (χ4v) is 3.27. The van der Waals surface area contributed by atoms with Crippen LogP contribution in [0.15, 0.2) is 46.9 Å². The number of benzene rings is 2. The molecule has 4 rings (SSSR count). The van der Waals surface area contributed by atoms with Crippen LogP contribution in [0.4, 0.5) is 14.9 Å². The van der Waals surface area contributed by atoms with Crippen LogP contribution in [-0.2, 0) is 10.3 Å². The number of furan rings is 1. The highest BCUT2D eigenvalue weighted by Crippen LogP contribution is 2.29. The van der Waals surface area contributed by atoms with Gasteiger partial charge in [0, 0.05) is 16.6 Å². The van der Waals surface area contributed by atoms with Crippen molar-refractivity contribution >= 4 is 34.5 Å². The van der Waals surface area contributed by atoms with Crippen molar-refractivity contribution in [3.8, 4) is 0 Å². The minimum absolute atomic E-state index is 0.00336. The molecule has 1 fully saturated rings. The van der Waals surface area contributed by atoms with Gasteiger partial charge in [-0.15, -0.1) is 0 Å². The molecule has 3 aromatic rings. The minimum atomic E-state index is -1.24. The average molecular weight is 381 g/mol. The van der Waals surface area contributed by atoms with E-state index in [2.05, 4.69) is 16.0 Å². The molecule has 1 aliphatic rings. The first-order valence-electron chi connectivity index (χ1n) is 8.52. The number of amides is 4. The van der Waals surface area contributed by atoms with Gasteiger partial charge in [0.25, 0.3) is 11.8 Å². The van der Waals surface area contributed by atoms with E-state index in [0.29, 0.717) is 22.2 Å². The number of rotatable bonds is 3. The summed E-state index contributed by atoms with van der Waals surface area (Å²) in [6.45, 7) is 3.25. The Morgan fingerprint density at radius 2 is 1.93 bits per heavy atom. The van der Waals surface area contributed by atoms with Crippen LogP contribution in [0.5, 0.6) is 0 Å². The first-order valence-corrected chi connectivity index (χ1v) is 8.52. The van der Waals surface area contributed by atoms with Crippen LogP contribution in [0.2, 0.25) is 0 Å². The lowest BCUT2D eigenvalue weighted by molar-refractivity contribution is -0.123. The molecule has 2 heterocycles. The van der Waals surface area contributed by atoms with Gasteiger partial charge in [0.05, 0.1) is 0 Å². The topological polar surface area (TPSA) is 100 Å². The van der Waals surface area contributed by atoms with E-state index in [9.17, 15) is 18.8 Å². The number of nitrogens with one attached hydrogen (secondary N) is 3. The van der Waals surface area contributed by atoms with Crippen molar-refractivity contribution in [3.05, 3.63) is 65.2 Å². The van der Waals surface area contributed by atoms with Crippen molar-refractivity contribution < 1.29 is 23.2 Å². The van der Waals surface area contributed by atoms with Crippen LogP contribution >= 0.6 is 0 Å². The maximum absolute atomic E-state index is 13.9. The second-order valence-electron chi connectivity index (χ2n) is 6.74. The lowest BCUT2D eigenvalue weighted by atomic mass is 9.92. The fraction of sp³-hybridized carbons (Fsp3) is 0.150. The van der Waals surface area contributed by atoms with Gasteiger partial charge in [0.15, 0.2) is 17.2 Å². The van der Waals surface area contributed by atoms with Crippen molar-refractivity contribution in [2.75, 3.05) is 5.32 Å². The van der Waals surface area contributed by atoms with Crippen LogP contribution in [0, 0.1) is 12.7 Å². The van der Waals surface area contributed by atoms with Crippen LogP contribution in [0.1, 0.15) is 28.6 Å². The zero-order valence-corrected chi connectivity index (χ0v) is 15.1.